The van der Waals surface area contributed by atoms with Gasteiger partial charge in [0.05, 0.1) is 0 Å². The zero-order valence-electron chi connectivity index (χ0n) is 14.0. The average molecular weight is 292 g/mol. The molecule has 1 N–H and O–H groups in total. The maximum absolute atomic E-state index is 12.0. The summed E-state index contributed by atoms with van der Waals surface area (Å²) >= 11 is 0. The summed E-state index contributed by atoms with van der Waals surface area (Å²) in [5.41, 5.74) is -0.676. The van der Waals surface area contributed by atoms with Gasteiger partial charge in [0.2, 0.25) is 0 Å². The van der Waals surface area contributed by atoms with Crippen LogP contribution in [0.15, 0.2) is 0 Å². The molecule has 21 heavy (non-hydrogen) atoms. The highest BCUT2D eigenvalue weighted by Crippen LogP contribution is 2.65. The fourth-order valence-electron chi connectivity index (χ4n) is 5.51. The monoisotopic (exact) mass is 292 g/mol. The quantitative estimate of drug-likeness (QED) is 0.818. The van der Waals surface area contributed by atoms with Crippen molar-refractivity contribution in [3.63, 3.8) is 0 Å². The van der Waals surface area contributed by atoms with Crippen LogP contribution in [-0.4, -0.2) is 16.5 Å². The van der Waals surface area contributed by atoms with E-state index in [1.807, 2.05) is 0 Å². The summed E-state index contributed by atoms with van der Waals surface area (Å²) in [5, 5.41) is 9.84. The first-order valence-corrected chi connectivity index (χ1v) is 9.09. The highest BCUT2D eigenvalue weighted by Gasteiger charge is 2.55. The molecule has 0 spiro atoms. The Morgan fingerprint density at radius 3 is 2.48 bits per heavy atom. The van der Waals surface area contributed by atoms with Crippen molar-refractivity contribution in [2.75, 3.05) is 0 Å². The van der Waals surface area contributed by atoms with E-state index in [0.29, 0.717) is 11.8 Å². The molecule has 0 heterocycles. The molecule has 3 rings (SSSR count). The van der Waals surface area contributed by atoms with E-state index in [2.05, 4.69) is 6.92 Å². The molecule has 0 bridgehead atoms. The molecule has 120 valence electrons. The number of Topliss-reactive ketones (excluding diaryl/α,β-unsaturated/α-hetero) is 1. The zero-order chi connectivity index (χ0) is 15.3. The lowest BCUT2D eigenvalue weighted by Crippen LogP contribution is -2.33. The largest absolute Gasteiger partial charge is 0.383 e. The molecule has 3 aliphatic carbocycles. The van der Waals surface area contributed by atoms with Crippen molar-refractivity contribution in [2.45, 2.75) is 84.2 Å². The SMILES string of the molecule is CC1CCCC2C1CCC2C1(CCC(=O)C(C)(C)O)CC1. The number of carbonyl (C=O) groups is 1. The second-order valence-corrected chi connectivity index (χ2v) is 8.76. The second kappa shape index (κ2) is 5.37. The molecule has 3 saturated carbocycles. The van der Waals surface area contributed by atoms with Crippen LogP contribution in [0.3, 0.4) is 0 Å². The molecular formula is C19H32O2. The van der Waals surface area contributed by atoms with Gasteiger partial charge < -0.3 is 5.11 Å². The molecule has 0 aromatic carbocycles. The maximum Gasteiger partial charge on any atom is 0.163 e. The number of fused-ring (bicyclic) bond motifs is 1. The molecule has 4 atom stereocenters. The van der Waals surface area contributed by atoms with E-state index in [0.717, 1.165) is 30.1 Å². The van der Waals surface area contributed by atoms with Gasteiger partial charge in [0, 0.05) is 6.42 Å². The van der Waals surface area contributed by atoms with Crippen molar-refractivity contribution in [3.05, 3.63) is 0 Å². The van der Waals surface area contributed by atoms with Crippen molar-refractivity contribution in [1.82, 2.24) is 0 Å². The maximum atomic E-state index is 12.0. The van der Waals surface area contributed by atoms with Gasteiger partial charge in [0.25, 0.3) is 0 Å². The molecule has 0 saturated heterocycles. The molecule has 3 aliphatic rings. The molecule has 0 radical (unpaired) electrons. The average Bonchev–Trinajstić information content (AvgIpc) is 3.06. The lowest BCUT2D eigenvalue weighted by Gasteiger charge is -2.37. The van der Waals surface area contributed by atoms with Crippen LogP contribution in [0.2, 0.25) is 0 Å². The van der Waals surface area contributed by atoms with Crippen LogP contribution < -0.4 is 0 Å². The van der Waals surface area contributed by atoms with Crippen LogP contribution in [0.1, 0.15) is 78.6 Å². The van der Waals surface area contributed by atoms with Gasteiger partial charge in [-0.1, -0.05) is 19.8 Å². The van der Waals surface area contributed by atoms with Crippen molar-refractivity contribution in [2.24, 2.45) is 29.1 Å². The Labute approximate surface area is 129 Å². The number of carbonyl (C=O) groups excluding carboxylic acids is 1. The van der Waals surface area contributed by atoms with Crippen LogP contribution in [0, 0.1) is 29.1 Å². The van der Waals surface area contributed by atoms with Crippen molar-refractivity contribution in [3.8, 4) is 0 Å². The number of aliphatic hydroxyl groups is 1. The number of ketones is 1. The van der Waals surface area contributed by atoms with Crippen LogP contribution in [0.4, 0.5) is 0 Å². The minimum Gasteiger partial charge on any atom is -0.383 e. The van der Waals surface area contributed by atoms with Gasteiger partial charge in [-0.05, 0) is 81.5 Å². The molecule has 0 aromatic heterocycles. The van der Waals surface area contributed by atoms with E-state index in [-0.39, 0.29) is 5.78 Å². The van der Waals surface area contributed by atoms with E-state index in [9.17, 15) is 9.90 Å². The Balaban J connectivity index is 1.62. The van der Waals surface area contributed by atoms with Gasteiger partial charge in [0.1, 0.15) is 5.60 Å². The van der Waals surface area contributed by atoms with E-state index >= 15 is 0 Å². The molecule has 3 fully saturated rings. The van der Waals surface area contributed by atoms with Crippen molar-refractivity contribution in [1.29, 1.82) is 0 Å². The second-order valence-electron chi connectivity index (χ2n) is 8.76. The van der Waals surface area contributed by atoms with Gasteiger partial charge in [-0.3, -0.25) is 4.79 Å². The standard InChI is InChI=1S/C19H32O2/c1-13-5-4-6-15-14(13)7-8-16(15)19(11-12-19)10-9-17(20)18(2,3)21/h13-16,21H,4-12H2,1-3H3. The number of hydrogen-bond donors (Lipinski definition) is 1. The Hall–Kier alpha value is -0.370. The number of rotatable bonds is 5. The summed E-state index contributed by atoms with van der Waals surface area (Å²) in [6, 6.07) is 0. The first kappa shape index (κ1) is 15.5. The first-order valence-electron chi connectivity index (χ1n) is 9.09. The van der Waals surface area contributed by atoms with Crippen molar-refractivity contribution >= 4 is 5.78 Å². The molecule has 0 aliphatic heterocycles. The summed E-state index contributed by atoms with van der Waals surface area (Å²) in [5.74, 6) is 3.72. The summed E-state index contributed by atoms with van der Waals surface area (Å²) in [4.78, 5) is 12.0. The zero-order valence-corrected chi connectivity index (χ0v) is 14.0. The molecule has 0 amide bonds. The van der Waals surface area contributed by atoms with Gasteiger partial charge in [0.15, 0.2) is 5.78 Å². The summed E-state index contributed by atoms with van der Waals surface area (Å²) in [6.07, 6.45) is 11.4. The third-order valence-corrected chi connectivity index (χ3v) is 7.02. The molecule has 2 nitrogen and oxygen atoms in total. The minimum atomic E-state index is -1.15. The van der Waals surface area contributed by atoms with Crippen LogP contribution in [-0.2, 0) is 4.79 Å². The fraction of sp³-hybridized carbons (Fsp3) is 0.947. The minimum absolute atomic E-state index is 0.0281. The third-order valence-electron chi connectivity index (χ3n) is 7.02. The number of hydrogen-bond acceptors (Lipinski definition) is 2. The topological polar surface area (TPSA) is 37.3 Å². The van der Waals surface area contributed by atoms with E-state index in [1.165, 1.54) is 44.9 Å². The smallest absolute Gasteiger partial charge is 0.163 e. The van der Waals surface area contributed by atoms with Crippen molar-refractivity contribution < 1.29 is 9.90 Å². The third kappa shape index (κ3) is 2.93. The molecule has 0 aromatic rings. The highest BCUT2D eigenvalue weighted by atomic mass is 16.3. The lowest BCUT2D eigenvalue weighted by atomic mass is 9.68. The first-order chi connectivity index (χ1) is 9.83. The van der Waals surface area contributed by atoms with Crippen LogP contribution in [0.25, 0.3) is 0 Å². The Kier molecular flexibility index (Phi) is 3.97. The Morgan fingerprint density at radius 1 is 1.14 bits per heavy atom. The van der Waals surface area contributed by atoms with Gasteiger partial charge in [-0.25, -0.2) is 0 Å². The summed E-state index contributed by atoms with van der Waals surface area (Å²) < 4.78 is 0. The van der Waals surface area contributed by atoms with Gasteiger partial charge in [-0.2, -0.15) is 0 Å². The molecular weight excluding hydrogens is 260 g/mol. The highest BCUT2D eigenvalue weighted by molar-refractivity contribution is 5.86. The fourth-order valence-corrected chi connectivity index (χ4v) is 5.51. The molecule has 2 heteroatoms. The summed E-state index contributed by atoms with van der Waals surface area (Å²) in [6.45, 7) is 5.71. The predicted octanol–water partition coefficient (Wildman–Crippen LogP) is 4.35. The Bertz CT molecular complexity index is 402. The van der Waals surface area contributed by atoms with Gasteiger partial charge >= 0.3 is 0 Å². The lowest BCUT2D eigenvalue weighted by molar-refractivity contribution is -0.134. The Morgan fingerprint density at radius 2 is 1.86 bits per heavy atom. The van der Waals surface area contributed by atoms with E-state index in [4.69, 9.17) is 0 Å². The predicted molar refractivity (Wildman–Crippen MR) is 84.9 cm³/mol. The van der Waals surface area contributed by atoms with Crippen LogP contribution in [0.5, 0.6) is 0 Å². The van der Waals surface area contributed by atoms with E-state index < -0.39 is 5.60 Å². The van der Waals surface area contributed by atoms with E-state index in [1.54, 1.807) is 13.8 Å². The summed E-state index contributed by atoms with van der Waals surface area (Å²) in [7, 11) is 0. The molecule has 4 unspecified atom stereocenters. The van der Waals surface area contributed by atoms with Crippen LogP contribution >= 0.6 is 0 Å². The normalized spacial score (nSPS) is 38.1. The van der Waals surface area contributed by atoms with Gasteiger partial charge in [-0.15, -0.1) is 0 Å².